The van der Waals surface area contributed by atoms with E-state index in [4.69, 9.17) is 0 Å². The summed E-state index contributed by atoms with van der Waals surface area (Å²) < 4.78 is 27.3. The third kappa shape index (κ3) is 7.89. The van der Waals surface area contributed by atoms with Gasteiger partial charge in [0.05, 0.1) is 11.7 Å². The molecule has 0 saturated carbocycles. The molecule has 1 amide bonds. The van der Waals surface area contributed by atoms with Gasteiger partial charge in [0.15, 0.2) is 0 Å². The van der Waals surface area contributed by atoms with Crippen LogP contribution in [0.2, 0.25) is 0 Å². The van der Waals surface area contributed by atoms with Crippen LogP contribution in [-0.4, -0.2) is 55.5 Å². The van der Waals surface area contributed by atoms with Crippen molar-refractivity contribution in [2.24, 2.45) is 5.92 Å². The van der Waals surface area contributed by atoms with Gasteiger partial charge < -0.3 is 5.32 Å². The van der Waals surface area contributed by atoms with Gasteiger partial charge in [-0.05, 0) is 68.3 Å². The molecule has 2 heterocycles. The lowest BCUT2D eigenvalue weighted by Crippen LogP contribution is -2.46. The molecule has 0 radical (unpaired) electrons. The highest BCUT2D eigenvalue weighted by Gasteiger charge is 2.31. The van der Waals surface area contributed by atoms with Crippen molar-refractivity contribution in [3.8, 4) is 0 Å². The van der Waals surface area contributed by atoms with Crippen LogP contribution in [0.15, 0.2) is 54.6 Å². The molecule has 7 heteroatoms. The molecule has 1 N–H and O–H groups in total. The predicted molar refractivity (Wildman–Crippen MR) is 140 cm³/mol. The molecule has 190 valence electrons. The molecule has 4 rings (SSSR count). The molecule has 6 nitrogen and oxygen atoms in total. The van der Waals surface area contributed by atoms with Crippen molar-refractivity contribution in [3.63, 3.8) is 0 Å². The zero-order valence-electron chi connectivity index (χ0n) is 20.7. The molecule has 2 aromatic carbocycles. The second-order valence-electron chi connectivity index (χ2n) is 9.97. The Morgan fingerprint density at radius 3 is 2.31 bits per heavy atom. The maximum absolute atomic E-state index is 12.9. The highest BCUT2D eigenvalue weighted by atomic mass is 32.2. The second kappa shape index (κ2) is 12.7. The summed E-state index contributed by atoms with van der Waals surface area (Å²) in [6.45, 7) is 4.62. The van der Waals surface area contributed by atoms with Crippen molar-refractivity contribution in [1.82, 2.24) is 14.5 Å². The largest absolute Gasteiger partial charge is 0.352 e. The van der Waals surface area contributed by atoms with E-state index in [9.17, 15) is 13.2 Å². The van der Waals surface area contributed by atoms with Crippen molar-refractivity contribution in [2.75, 3.05) is 31.9 Å². The van der Waals surface area contributed by atoms with Crippen LogP contribution in [0.4, 0.5) is 0 Å². The van der Waals surface area contributed by atoms with Crippen LogP contribution in [0.25, 0.3) is 0 Å². The Balaban J connectivity index is 1.22. The number of aryl methyl sites for hydroxylation is 1. The quantitative estimate of drug-likeness (QED) is 0.539. The average Bonchev–Trinajstić information content (AvgIpc) is 2.89. The highest BCUT2D eigenvalue weighted by molar-refractivity contribution is 7.89. The van der Waals surface area contributed by atoms with E-state index in [-0.39, 0.29) is 24.1 Å². The minimum absolute atomic E-state index is 0.0495. The Kier molecular flexibility index (Phi) is 9.35. The summed E-state index contributed by atoms with van der Waals surface area (Å²) in [4.78, 5) is 15.3. The molecule has 0 aliphatic carbocycles. The fraction of sp³-hybridized carbons (Fsp3) is 0.536. The molecule has 2 aliphatic heterocycles. The molecule has 0 aromatic heterocycles. The Morgan fingerprint density at radius 2 is 1.57 bits per heavy atom. The van der Waals surface area contributed by atoms with Gasteiger partial charge in [0.25, 0.3) is 0 Å². The molecule has 0 spiro atoms. The monoisotopic (exact) mass is 497 g/mol. The van der Waals surface area contributed by atoms with Crippen LogP contribution in [0.3, 0.4) is 0 Å². The van der Waals surface area contributed by atoms with Crippen molar-refractivity contribution in [1.29, 1.82) is 0 Å². The van der Waals surface area contributed by atoms with Gasteiger partial charge in [0, 0.05) is 26.2 Å². The van der Waals surface area contributed by atoms with E-state index in [1.807, 2.05) is 30.3 Å². The standard InChI is InChI=1S/C28H39N3O3S/c32-28(29-21-25-13-15-26(16-14-25)22-30-17-5-2-6-18-30)27-12-7-19-31(23-27)35(33,34)20-8-11-24-9-3-1-4-10-24/h1,3-4,9-10,13-16,27H,2,5-8,11-12,17-23H2,(H,29,32). The molecular weight excluding hydrogens is 458 g/mol. The number of carbonyl (C=O) groups is 1. The summed E-state index contributed by atoms with van der Waals surface area (Å²) in [5, 5.41) is 3.04. The van der Waals surface area contributed by atoms with Crippen molar-refractivity contribution in [3.05, 3.63) is 71.3 Å². The lowest BCUT2D eigenvalue weighted by molar-refractivity contribution is -0.126. The van der Waals surface area contributed by atoms with Crippen molar-refractivity contribution < 1.29 is 13.2 Å². The minimum atomic E-state index is -3.35. The molecule has 1 unspecified atom stereocenters. The van der Waals surface area contributed by atoms with Gasteiger partial charge in [0.1, 0.15) is 0 Å². The number of amides is 1. The maximum Gasteiger partial charge on any atom is 0.224 e. The van der Waals surface area contributed by atoms with Gasteiger partial charge in [-0.3, -0.25) is 9.69 Å². The summed E-state index contributed by atoms with van der Waals surface area (Å²) in [6.07, 6.45) is 6.71. The smallest absolute Gasteiger partial charge is 0.224 e. The summed E-state index contributed by atoms with van der Waals surface area (Å²) in [6, 6.07) is 18.4. The molecular formula is C28H39N3O3S. The zero-order valence-corrected chi connectivity index (χ0v) is 21.5. The van der Waals surface area contributed by atoms with Gasteiger partial charge in [-0.15, -0.1) is 0 Å². The third-order valence-corrected chi connectivity index (χ3v) is 9.13. The van der Waals surface area contributed by atoms with E-state index >= 15 is 0 Å². The summed E-state index contributed by atoms with van der Waals surface area (Å²) in [5.74, 6) is -0.211. The summed E-state index contributed by atoms with van der Waals surface area (Å²) >= 11 is 0. The van der Waals surface area contributed by atoms with E-state index in [2.05, 4.69) is 34.5 Å². The van der Waals surface area contributed by atoms with Crippen LogP contribution < -0.4 is 5.32 Å². The van der Waals surface area contributed by atoms with E-state index < -0.39 is 10.0 Å². The number of hydrogen-bond acceptors (Lipinski definition) is 4. The molecule has 2 aliphatic rings. The molecule has 1 atom stereocenters. The van der Waals surface area contributed by atoms with Crippen LogP contribution in [-0.2, 0) is 34.3 Å². The maximum atomic E-state index is 12.9. The van der Waals surface area contributed by atoms with Crippen LogP contribution in [0.5, 0.6) is 0 Å². The molecule has 2 fully saturated rings. The Hall–Kier alpha value is -2.22. The first-order valence-electron chi connectivity index (χ1n) is 13.1. The van der Waals surface area contributed by atoms with Gasteiger partial charge in [-0.1, -0.05) is 61.0 Å². The Labute approximate surface area is 210 Å². The normalized spacial score (nSPS) is 19.9. The first-order valence-corrected chi connectivity index (χ1v) is 14.7. The molecule has 0 bridgehead atoms. The number of nitrogens with one attached hydrogen (secondary N) is 1. The highest BCUT2D eigenvalue weighted by Crippen LogP contribution is 2.21. The van der Waals surface area contributed by atoms with Gasteiger partial charge in [-0.25, -0.2) is 12.7 Å². The van der Waals surface area contributed by atoms with E-state index in [0.717, 1.165) is 36.9 Å². The Morgan fingerprint density at radius 1 is 0.857 bits per heavy atom. The average molecular weight is 498 g/mol. The van der Waals surface area contributed by atoms with Gasteiger partial charge in [0.2, 0.25) is 15.9 Å². The molecule has 2 aromatic rings. The Bertz CT molecular complexity index is 1030. The number of nitrogens with zero attached hydrogens (tertiary/aromatic N) is 2. The summed E-state index contributed by atoms with van der Waals surface area (Å²) in [7, 11) is -3.35. The van der Waals surface area contributed by atoms with Gasteiger partial charge in [-0.2, -0.15) is 0 Å². The van der Waals surface area contributed by atoms with Gasteiger partial charge >= 0.3 is 0 Å². The van der Waals surface area contributed by atoms with Crippen molar-refractivity contribution >= 4 is 15.9 Å². The van der Waals surface area contributed by atoms with Crippen molar-refractivity contribution in [2.45, 2.75) is 58.0 Å². The number of carbonyl (C=O) groups excluding carboxylic acids is 1. The van der Waals surface area contributed by atoms with Crippen LogP contribution in [0, 0.1) is 5.92 Å². The van der Waals surface area contributed by atoms with Crippen LogP contribution in [0.1, 0.15) is 55.2 Å². The van der Waals surface area contributed by atoms with E-state index in [0.29, 0.717) is 19.5 Å². The molecule has 2 saturated heterocycles. The number of likely N-dealkylation sites (tertiary alicyclic amines) is 1. The number of sulfonamides is 1. The lowest BCUT2D eigenvalue weighted by Gasteiger charge is -2.31. The summed E-state index contributed by atoms with van der Waals surface area (Å²) in [5.41, 5.74) is 3.53. The number of rotatable bonds is 10. The first-order chi connectivity index (χ1) is 17.0. The third-order valence-electron chi connectivity index (χ3n) is 7.20. The first kappa shape index (κ1) is 25.9. The number of hydrogen-bond donors (Lipinski definition) is 1. The topological polar surface area (TPSA) is 69.7 Å². The van der Waals surface area contributed by atoms with E-state index in [1.54, 1.807) is 0 Å². The zero-order chi connectivity index (χ0) is 24.5. The minimum Gasteiger partial charge on any atom is -0.352 e. The fourth-order valence-electron chi connectivity index (χ4n) is 5.11. The SMILES string of the molecule is O=C(NCc1ccc(CN2CCCCC2)cc1)C1CCCN(S(=O)(=O)CCCc2ccccc2)C1. The fourth-order valence-corrected chi connectivity index (χ4v) is 6.69. The molecule has 35 heavy (non-hydrogen) atoms. The predicted octanol–water partition coefficient (Wildman–Crippen LogP) is 3.96. The van der Waals surface area contributed by atoms with E-state index in [1.165, 1.54) is 42.2 Å². The number of piperidine rings is 2. The second-order valence-corrected chi connectivity index (χ2v) is 12.1. The lowest BCUT2D eigenvalue weighted by atomic mass is 9.98. The van der Waals surface area contributed by atoms with Crippen LogP contribution >= 0.6 is 0 Å². The number of benzene rings is 2.